The minimum absolute atomic E-state index is 0. The van der Waals surface area contributed by atoms with E-state index in [-0.39, 0.29) is 24.9 Å². The lowest BCUT2D eigenvalue weighted by Crippen LogP contribution is -2.43. The van der Waals surface area contributed by atoms with Crippen LogP contribution in [0.15, 0.2) is 48.7 Å². The van der Waals surface area contributed by atoms with Crippen LogP contribution in [0.3, 0.4) is 0 Å². The number of rotatable bonds is 5. The highest BCUT2D eigenvalue weighted by molar-refractivity contribution is 5.91. The molecule has 1 aromatic heterocycles. The molecule has 0 unspecified atom stereocenters. The van der Waals surface area contributed by atoms with Crippen molar-refractivity contribution in [3.8, 4) is 5.75 Å². The van der Waals surface area contributed by atoms with Gasteiger partial charge in [-0.15, -0.1) is 12.4 Å². The molecule has 2 heterocycles. The zero-order valence-electron chi connectivity index (χ0n) is 13.3. The Balaban J connectivity index is 0.00000208. The summed E-state index contributed by atoms with van der Waals surface area (Å²) in [5.74, 6) is 0.978. The molecule has 2 N–H and O–H groups in total. The van der Waals surface area contributed by atoms with E-state index in [9.17, 15) is 4.79 Å². The van der Waals surface area contributed by atoms with Crippen molar-refractivity contribution in [3.05, 3.63) is 48.7 Å². The first-order valence-electron chi connectivity index (χ1n) is 7.71. The van der Waals surface area contributed by atoms with Gasteiger partial charge < -0.3 is 20.3 Å². The molecule has 1 aliphatic rings. The van der Waals surface area contributed by atoms with Crippen molar-refractivity contribution < 1.29 is 9.53 Å². The minimum atomic E-state index is -0.226. The van der Waals surface area contributed by atoms with Gasteiger partial charge in [0, 0.05) is 26.2 Å². The highest BCUT2D eigenvalue weighted by Gasteiger charge is 2.11. The predicted molar refractivity (Wildman–Crippen MR) is 97.1 cm³/mol. The van der Waals surface area contributed by atoms with Gasteiger partial charge in [-0.1, -0.05) is 18.2 Å². The summed E-state index contributed by atoms with van der Waals surface area (Å²) in [5.41, 5.74) is 1.07. The van der Waals surface area contributed by atoms with Crippen molar-refractivity contribution in [2.24, 2.45) is 0 Å². The van der Waals surface area contributed by atoms with E-state index in [1.165, 1.54) is 0 Å². The average molecular weight is 349 g/mol. The van der Waals surface area contributed by atoms with Gasteiger partial charge in [-0.25, -0.2) is 4.98 Å². The van der Waals surface area contributed by atoms with Crippen LogP contribution in [0.5, 0.6) is 5.75 Å². The normalized spacial score (nSPS) is 13.8. The molecule has 3 rings (SSSR count). The van der Waals surface area contributed by atoms with Gasteiger partial charge in [0.25, 0.3) is 5.91 Å². The minimum Gasteiger partial charge on any atom is -0.484 e. The van der Waals surface area contributed by atoms with Gasteiger partial charge in [-0.2, -0.15) is 0 Å². The number of carbonyl (C=O) groups is 1. The van der Waals surface area contributed by atoms with Gasteiger partial charge in [-0.3, -0.25) is 4.79 Å². The molecule has 0 atom stereocenters. The molecule has 6 nitrogen and oxygen atoms in total. The van der Waals surface area contributed by atoms with Crippen LogP contribution >= 0.6 is 12.4 Å². The second kappa shape index (κ2) is 9.10. The van der Waals surface area contributed by atoms with Gasteiger partial charge in [0.1, 0.15) is 11.6 Å². The predicted octanol–water partition coefficient (Wildman–Crippen LogP) is 1.93. The highest BCUT2D eigenvalue weighted by atomic mass is 35.5. The molecule has 0 aliphatic carbocycles. The number of ether oxygens (including phenoxy) is 1. The number of halogens is 1. The van der Waals surface area contributed by atoms with E-state index in [4.69, 9.17) is 4.74 Å². The van der Waals surface area contributed by atoms with Crippen LogP contribution in [0.1, 0.15) is 0 Å². The Morgan fingerprint density at radius 3 is 2.58 bits per heavy atom. The third kappa shape index (κ3) is 5.11. The number of benzene rings is 1. The first-order chi connectivity index (χ1) is 11.3. The number of amides is 1. The standard InChI is InChI=1S/C17H20N4O2.ClH/c22-17(13-23-15-4-2-1-3-5-15)20-16-7-6-14(12-19-16)21-10-8-18-9-11-21;/h1-7,12,18H,8-11,13H2,(H,19,20,22);1H. The van der Waals surface area contributed by atoms with E-state index in [2.05, 4.69) is 20.5 Å². The number of nitrogens with zero attached hydrogens (tertiary/aromatic N) is 2. The first-order valence-corrected chi connectivity index (χ1v) is 7.71. The molecule has 0 bridgehead atoms. The lowest BCUT2D eigenvalue weighted by atomic mass is 10.3. The van der Waals surface area contributed by atoms with Crippen LogP contribution < -0.4 is 20.3 Å². The lowest BCUT2D eigenvalue weighted by molar-refractivity contribution is -0.118. The maximum atomic E-state index is 11.9. The smallest absolute Gasteiger partial charge is 0.263 e. The number of hydrogen-bond acceptors (Lipinski definition) is 5. The van der Waals surface area contributed by atoms with E-state index in [1.54, 1.807) is 6.20 Å². The molecule has 1 fully saturated rings. The fourth-order valence-electron chi connectivity index (χ4n) is 2.41. The molecule has 1 amide bonds. The molecule has 0 saturated carbocycles. The SMILES string of the molecule is Cl.O=C(COc1ccccc1)Nc1ccc(N2CCNCC2)cn1. The van der Waals surface area contributed by atoms with E-state index in [0.717, 1.165) is 31.9 Å². The topological polar surface area (TPSA) is 66.5 Å². The molecular formula is C17H21ClN4O2. The fourth-order valence-corrected chi connectivity index (χ4v) is 2.41. The quantitative estimate of drug-likeness (QED) is 0.864. The van der Waals surface area contributed by atoms with E-state index < -0.39 is 0 Å². The Morgan fingerprint density at radius 1 is 1.17 bits per heavy atom. The summed E-state index contributed by atoms with van der Waals surface area (Å²) in [5, 5.41) is 6.05. The second-order valence-corrected chi connectivity index (χ2v) is 5.29. The number of nitrogens with one attached hydrogen (secondary N) is 2. The van der Waals surface area contributed by atoms with Gasteiger partial charge in [-0.05, 0) is 24.3 Å². The van der Waals surface area contributed by atoms with Crippen LogP contribution in [-0.2, 0) is 4.79 Å². The molecule has 1 aromatic carbocycles. The zero-order chi connectivity index (χ0) is 15.9. The first kappa shape index (κ1) is 18.0. The zero-order valence-corrected chi connectivity index (χ0v) is 14.1. The van der Waals surface area contributed by atoms with Crippen LogP contribution in [0.25, 0.3) is 0 Å². The summed E-state index contributed by atoms with van der Waals surface area (Å²) in [7, 11) is 0. The lowest BCUT2D eigenvalue weighted by Gasteiger charge is -2.29. The number of piperazine rings is 1. The van der Waals surface area contributed by atoms with Crippen molar-refractivity contribution in [1.29, 1.82) is 0 Å². The summed E-state index contributed by atoms with van der Waals surface area (Å²) < 4.78 is 5.40. The van der Waals surface area contributed by atoms with Crippen LogP contribution in [-0.4, -0.2) is 43.7 Å². The van der Waals surface area contributed by atoms with Crippen molar-refractivity contribution in [2.75, 3.05) is 43.0 Å². The summed E-state index contributed by atoms with van der Waals surface area (Å²) in [6.45, 7) is 3.87. The summed E-state index contributed by atoms with van der Waals surface area (Å²) >= 11 is 0. The number of carbonyl (C=O) groups excluding carboxylic acids is 1. The van der Waals surface area contributed by atoms with E-state index in [0.29, 0.717) is 11.6 Å². The van der Waals surface area contributed by atoms with E-state index >= 15 is 0 Å². The Kier molecular flexibility index (Phi) is 6.84. The molecule has 128 valence electrons. The van der Waals surface area contributed by atoms with Crippen LogP contribution in [0.4, 0.5) is 11.5 Å². The highest BCUT2D eigenvalue weighted by Crippen LogP contribution is 2.15. The van der Waals surface area contributed by atoms with Gasteiger partial charge in [0.15, 0.2) is 6.61 Å². The molecule has 7 heteroatoms. The molecule has 0 spiro atoms. The second-order valence-electron chi connectivity index (χ2n) is 5.29. The van der Waals surface area contributed by atoms with Crippen LogP contribution in [0, 0.1) is 0 Å². The maximum absolute atomic E-state index is 11.9. The van der Waals surface area contributed by atoms with Crippen molar-refractivity contribution in [1.82, 2.24) is 10.3 Å². The fraction of sp³-hybridized carbons (Fsp3) is 0.294. The maximum Gasteiger partial charge on any atom is 0.263 e. The Morgan fingerprint density at radius 2 is 1.92 bits per heavy atom. The molecule has 2 aromatic rings. The Labute approximate surface area is 147 Å². The Bertz CT molecular complexity index is 631. The number of anilines is 2. The van der Waals surface area contributed by atoms with Gasteiger partial charge >= 0.3 is 0 Å². The summed E-state index contributed by atoms with van der Waals surface area (Å²) in [6, 6.07) is 13.1. The molecule has 24 heavy (non-hydrogen) atoms. The van der Waals surface area contributed by atoms with Crippen molar-refractivity contribution in [3.63, 3.8) is 0 Å². The largest absolute Gasteiger partial charge is 0.484 e. The molecular weight excluding hydrogens is 328 g/mol. The van der Waals surface area contributed by atoms with Crippen LogP contribution in [0.2, 0.25) is 0 Å². The third-order valence-corrected chi connectivity index (χ3v) is 3.61. The van der Waals surface area contributed by atoms with Crippen molar-refractivity contribution >= 4 is 29.8 Å². The monoisotopic (exact) mass is 348 g/mol. The number of aromatic nitrogens is 1. The van der Waals surface area contributed by atoms with Crippen molar-refractivity contribution in [2.45, 2.75) is 0 Å². The number of hydrogen-bond donors (Lipinski definition) is 2. The molecule has 1 saturated heterocycles. The van der Waals surface area contributed by atoms with E-state index in [1.807, 2.05) is 42.5 Å². The summed E-state index contributed by atoms with van der Waals surface area (Å²) in [6.07, 6.45) is 1.79. The molecule has 1 aliphatic heterocycles. The Hall–Kier alpha value is -2.31. The average Bonchev–Trinajstić information content (AvgIpc) is 2.62. The third-order valence-electron chi connectivity index (χ3n) is 3.61. The van der Waals surface area contributed by atoms with Gasteiger partial charge in [0.05, 0.1) is 11.9 Å². The number of pyridine rings is 1. The summed E-state index contributed by atoms with van der Waals surface area (Å²) in [4.78, 5) is 18.4. The molecule has 0 radical (unpaired) electrons. The van der Waals surface area contributed by atoms with Gasteiger partial charge in [0.2, 0.25) is 0 Å². The number of para-hydroxylation sites is 1.